The van der Waals surface area contributed by atoms with Gasteiger partial charge in [-0.3, -0.25) is 4.79 Å². The molecule has 31 heavy (non-hydrogen) atoms. The average Bonchev–Trinajstić information content (AvgIpc) is 2.72. The van der Waals surface area contributed by atoms with E-state index in [9.17, 15) is 9.59 Å². The van der Waals surface area contributed by atoms with Crippen LogP contribution in [0.25, 0.3) is 0 Å². The van der Waals surface area contributed by atoms with Crippen molar-refractivity contribution in [1.82, 2.24) is 4.90 Å². The lowest BCUT2D eigenvalue weighted by molar-refractivity contribution is -0.117. The van der Waals surface area contributed by atoms with Crippen LogP contribution in [0.15, 0.2) is 48.5 Å². The standard InChI is InChI=1S/C28H33NO2/c1-21(19-22(2)30)20-25-9-7-23(8-10-25)5-6-24-11-13-26(14-12-24)27(31)29-17-15-28(3,4)16-18-29/h7-14,21H,15-20H2,1-4H3. The quantitative estimate of drug-likeness (QED) is 0.604. The first-order valence-electron chi connectivity index (χ1n) is 11.2. The highest BCUT2D eigenvalue weighted by molar-refractivity contribution is 5.94. The van der Waals surface area contributed by atoms with Crippen molar-refractivity contribution >= 4 is 11.7 Å². The summed E-state index contributed by atoms with van der Waals surface area (Å²) in [4.78, 5) is 25.9. The van der Waals surface area contributed by atoms with Crippen molar-refractivity contribution in [3.05, 3.63) is 70.8 Å². The van der Waals surface area contributed by atoms with Gasteiger partial charge in [0.15, 0.2) is 0 Å². The number of nitrogens with zero attached hydrogens (tertiary/aromatic N) is 1. The molecule has 0 radical (unpaired) electrons. The number of rotatable bonds is 5. The predicted octanol–water partition coefficient (Wildman–Crippen LogP) is 5.51. The topological polar surface area (TPSA) is 37.4 Å². The summed E-state index contributed by atoms with van der Waals surface area (Å²) in [7, 11) is 0. The third-order valence-corrected chi connectivity index (χ3v) is 6.06. The van der Waals surface area contributed by atoms with E-state index in [1.807, 2.05) is 41.3 Å². The summed E-state index contributed by atoms with van der Waals surface area (Å²) in [5.41, 5.74) is 4.15. The van der Waals surface area contributed by atoms with E-state index in [4.69, 9.17) is 0 Å². The Labute approximate surface area is 186 Å². The first-order chi connectivity index (χ1) is 14.7. The fourth-order valence-electron chi connectivity index (χ4n) is 4.03. The Hall–Kier alpha value is -2.86. The smallest absolute Gasteiger partial charge is 0.253 e. The molecule has 0 bridgehead atoms. The van der Waals surface area contributed by atoms with Crippen molar-refractivity contribution in [2.75, 3.05) is 13.1 Å². The Kier molecular flexibility index (Phi) is 7.33. The third kappa shape index (κ3) is 6.82. The van der Waals surface area contributed by atoms with Crippen LogP contribution in [-0.4, -0.2) is 29.7 Å². The number of ketones is 1. The van der Waals surface area contributed by atoms with Crippen LogP contribution in [0.2, 0.25) is 0 Å². The number of hydrogen-bond acceptors (Lipinski definition) is 2. The van der Waals surface area contributed by atoms with Gasteiger partial charge in [0.25, 0.3) is 5.91 Å². The molecule has 0 saturated carbocycles. The highest BCUT2D eigenvalue weighted by Gasteiger charge is 2.28. The Morgan fingerprint density at radius 2 is 1.45 bits per heavy atom. The first-order valence-corrected chi connectivity index (χ1v) is 11.2. The number of piperidine rings is 1. The Morgan fingerprint density at radius 1 is 0.935 bits per heavy atom. The SMILES string of the molecule is CC(=O)CC(C)Cc1ccc(C#Cc2ccc(C(=O)N3CCC(C)(C)CC3)cc2)cc1. The highest BCUT2D eigenvalue weighted by Crippen LogP contribution is 2.30. The molecule has 1 aliphatic rings. The van der Waals surface area contributed by atoms with Gasteiger partial charge in [-0.15, -0.1) is 0 Å². The van der Waals surface area contributed by atoms with Crippen LogP contribution in [0.1, 0.15) is 74.0 Å². The van der Waals surface area contributed by atoms with Crippen LogP contribution in [0.4, 0.5) is 0 Å². The average molecular weight is 416 g/mol. The van der Waals surface area contributed by atoms with Gasteiger partial charge in [-0.05, 0) is 79.5 Å². The Bertz CT molecular complexity index is 964. The van der Waals surface area contributed by atoms with E-state index in [0.717, 1.165) is 49.0 Å². The highest BCUT2D eigenvalue weighted by atomic mass is 16.2. The maximum absolute atomic E-state index is 12.7. The molecule has 1 aliphatic heterocycles. The molecule has 162 valence electrons. The molecule has 1 saturated heterocycles. The number of carbonyl (C=O) groups excluding carboxylic acids is 2. The molecule has 0 spiro atoms. The zero-order valence-corrected chi connectivity index (χ0v) is 19.2. The van der Waals surface area contributed by atoms with E-state index in [1.54, 1.807) is 6.92 Å². The molecule has 1 heterocycles. The van der Waals surface area contributed by atoms with Crippen molar-refractivity contribution in [3.8, 4) is 11.8 Å². The van der Waals surface area contributed by atoms with E-state index in [2.05, 4.69) is 44.7 Å². The molecule has 1 atom stereocenters. The van der Waals surface area contributed by atoms with E-state index >= 15 is 0 Å². The van der Waals surface area contributed by atoms with Crippen molar-refractivity contribution in [2.24, 2.45) is 11.3 Å². The lowest BCUT2D eigenvalue weighted by atomic mass is 9.82. The van der Waals surface area contributed by atoms with E-state index in [1.165, 1.54) is 5.56 Å². The lowest BCUT2D eigenvalue weighted by Gasteiger charge is -2.36. The minimum atomic E-state index is 0.115. The number of benzene rings is 2. The van der Waals surface area contributed by atoms with Gasteiger partial charge in [-0.1, -0.05) is 44.7 Å². The van der Waals surface area contributed by atoms with Crippen molar-refractivity contribution < 1.29 is 9.59 Å². The van der Waals surface area contributed by atoms with Crippen molar-refractivity contribution in [3.63, 3.8) is 0 Å². The fraction of sp³-hybridized carbons (Fsp3) is 0.429. The van der Waals surface area contributed by atoms with E-state index in [-0.39, 0.29) is 11.7 Å². The van der Waals surface area contributed by atoms with Gasteiger partial charge >= 0.3 is 0 Å². The zero-order chi connectivity index (χ0) is 22.4. The molecule has 3 rings (SSSR count). The molecule has 0 aliphatic carbocycles. The fourth-order valence-corrected chi connectivity index (χ4v) is 4.03. The van der Waals surface area contributed by atoms with E-state index < -0.39 is 0 Å². The molecule has 0 aromatic heterocycles. The van der Waals surface area contributed by atoms with Crippen LogP contribution >= 0.6 is 0 Å². The Morgan fingerprint density at radius 3 is 1.97 bits per heavy atom. The second-order valence-electron chi connectivity index (χ2n) is 9.70. The normalized spacial score (nSPS) is 16.2. The molecule has 2 aromatic carbocycles. The van der Waals surface area contributed by atoms with Crippen molar-refractivity contribution in [2.45, 2.75) is 53.4 Å². The Balaban J connectivity index is 1.58. The van der Waals surface area contributed by atoms with Gasteiger partial charge in [0.2, 0.25) is 0 Å². The monoisotopic (exact) mass is 415 g/mol. The van der Waals surface area contributed by atoms with Gasteiger partial charge in [-0.25, -0.2) is 0 Å². The number of hydrogen-bond donors (Lipinski definition) is 0. The van der Waals surface area contributed by atoms with Crippen molar-refractivity contribution in [1.29, 1.82) is 0 Å². The number of Topliss-reactive ketones (excluding diaryl/α,β-unsaturated/α-hetero) is 1. The summed E-state index contributed by atoms with van der Waals surface area (Å²) >= 11 is 0. The summed E-state index contributed by atoms with van der Waals surface area (Å²) in [5.74, 6) is 7.09. The summed E-state index contributed by atoms with van der Waals surface area (Å²) < 4.78 is 0. The molecule has 2 aromatic rings. The van der Waals surface area contributed by atoms with Gasteiger partial charge in [-0.2, -0.15) is 0 Å². The largest absolute Gasteiger partial charge is 0.339 e. The minimum Gasteiger partial charge on any atom is -0.339 e. The van der Waals surface area contributed by atoms with Crippen LogP contribution in [0.3, 0.4) is 0 Å². The lowest BCUT2D eigenvalue weighted by Crippen LogP contribution is -2.41. The molecule has 1 fully saturated rings. The van der Waals surface area contributed by atoms with E-state index in [0.29, 0.717) is 17.8 Å². The summed E-state index contributed by atoms with van der Waals surface area (Å²) in [6.07, 6.45) is 3.63. The molecule has 1 unspecified atom stereocenters. The molecule has 0 N–H and O–H groups in total. The molecule has 3 heteroatoms. The zero-order valence-electron chi connectivity index (χ0n) is 19.2. The van der Waals surface area contributed by atoms with Gasteiger partial charge in [0.1, 0.15) is 5.78 Å². The second kappa shape index (κ2) is 9.96. The van der Waals surface area contributed by atoms with Crippen LogP contribution < -0.4 is 0 Å². The second-order valence-corrected chi connectivity index (χ2v) is 9.70. The van der Waals surface area contributed by atoms with Crippen LogP contribution in [-0.2, 0) is 11.2 Å². The first kappa shape index (κ1) is 22.8. The molecule has 3 nitrogen and oxygen atoms in total. The number of amides is 1. The maximum atomic E-state index is 12.7. The number of likely N-dealkylation sites (tertiary alicyclic amines) is 1. The van der Waals surface area contributed by atoms with Crippen LogP contribution in [0.5, 0.6) is 0 Å². The summed E-state index contributed by atoms with van der Waals surface area (Å²) in [6, 6.07) is 15.8. The number of carbonyl (C=O) groups is 2. The van der Waals surface area contributed by atoms with Crippen LogP contribution in [0, 0.1) is 23.2 Å². The molecular weight excluding hydrogens is 382 g/mol. The van der Waals surface area contributed by atoms with Gasteiger partial charge in [0.05, 0.1) is 0 Å². The minimum absolute atomic E-state index is 0.115. The summed E-state index contributed by atoms with van der Waals surface area (Å²) in [6.45, 7) is 9.95. The molecular formula is C28H33NO2. The van der Waals surface area contributed by atoms with Gasteiger partial charge in [0, 0.05) is 36.2 Å². The molecule has 1 amide bonds. The maximum Gasteiger partial charge on any atom is 0.253 e. The summed E-state index contributed by atoms with van der Waals surface area (Å²) in [5, 5.41) is 0. The third-order valence-electron chi connectivity index (χ3n) is 6.06. The predicted molar refractivity (Wildman–Crippen MR) is 126 cm³/mol. The van der Waals surface area contributed by atoms with Gasteiger partial charge < -0.3 is 9.69 Å².